The van der Waals surface area contributed by atoms with Crippen LogP contribution in [0.4, 0.5) is 0 Å². The summed E-state index contributed by atoms with van der Waals surface area (Å²) in [4.78, 5) is 0. The molecule has 0 aromatic heterocycles. The molecule has 0 unspecified atom stereocenters. The van der Waals surface area contributed by atoms with Crippen molar-refractivity contribution in [1.29, 1.82) is 0 Å². The molecule has 1 radical (unpaired) electrons. The highest BCUT2D eigenvalue weighted by atomic mass is 16.7. The molecule has 2 rings (SSSR count). The third kappa shape index (κ3) is 1.03. The number of ether oxygens (including phenoxy) is 2. The van der Waals surface area contributed by atoms with Gasteiger partial charge in [-0.1, -0.05) is 6.07 Å². The SMILES string of the molecule is N[CH]c1ccc2c(c1)OCO2. The van der Waals surface area contributed by atoms with Crippen LogP contribution in [0.3, 0.4) is 0 Å². The van der Waals surface area contributed by atoms with Crippen molar-refractivity contribution in [2.24, 2.45) is 5.73 Å². The van der Waals surface area contributed by atoms with E-state index in [2.05, 4.69) is 0 Å². The molecule has 1 aliphatic heterocycles. The molecule has 0 saturated carbocycles. The van der Waals surface area contributed by atoms with Gasteiger partial charge in [0.25, 0.3) is 0 Å². The quantitative estimate of drug-likeness (QED) is 0.646. The lowest BCUT2D eigenvalue weighted by Gasteiger charge is -1.97. The topological polar surface area (TPSA) is 44.5 Å². The van der Waals surface area contributed by atoms with E-state index >= 15 is 0 Å². The average Bonchev–Trinajstić information content (AvgIpc) is 2.50. The summed E-state index contributed by atoms with van der Waals surface area (Å²) in [5.41, 5.74) is 6.26. The van der Waals surface area contributed by atoms with E-state index in [0.717, 1.165) is 17.1 Å². The molecule has 1 heterocycles. The van der Waals surface area contributed by atoms with Crippen LogP contribution in [0.5, 0.6) is 11.5 Å². The summed E-state index contributed by atoms with van der Waals surface area (Å²) in [7, 11) is 0. The predicted octanol–water partition coefficient (Wildman–Crippen LogP) is 0.884. The molecule has 0 saturated heterocycles. The molecule has 57 valence electrons. The first-order valence-electron chi connectivity index (χ1n) is 3.35. The Hall–Kier alpha value is -1.22. The number of hydrogen-bond donors (Lipinski definition) is 1. The van der Waals surface area contributed by atoms with Gasteiger partial charge in [-0.2, -0.15) is 0 Å². The molecule has 0 aliphatic carbocycles. The van der Waals surface area contributed by atoms with Crippen molar-refractivity contribution in [2.75, 3.05) is 6.79 Å². The van der Waals surface area contributed by atoms with E-state index in [0.29, 0.717) is 6.79 Å². The van der Waals surface area contributed by atoms with Crippen molar-refractivity contribution in [3.8, 4) is 11.5 Å². The number of rotatable bonds is 1. The van der Waals surface area contributed by atoms with E-state index in [1.807, 2.05) is 18.2 Å². The molecule has 0 spiro atoms. The Kier molecular flexibility index (Phi) is 1.43. The summed E-state index contributed by atoms with van der Waals surface area (Å²) >= 11 is 0. The Morgan fingerprint density at radius 2 is 2.09 bits per heavy atom. The molecule has 3 nitrogen and oxygen atoms in total. The number of nitrogens with two attached hydrogens (primary N) is 1. The summed E-state index contributed by atoms with van der Waals surface area (Å²) in [5.74, 6) is 1.56. The van der Waals surface area contributed by atoms with Crippen molar-refractivity contribution < 1.29 is 9.47 Å². The van der Waals surface area contributed by atoms with Gasteiger partial charge in [-0.25, -0.2) is 0 Å². The number of benzene rings is 1. The molecule has 0 bridgehead atoms. The van der Waals surface area contributed by atoms with Gasteiger partial charge in [-0.15, -0.1) is 0 Å². The van der Waals surface area contributed by atoms with Gasteiger partial charge in [0.15, 0.2) is 11.5 Å². The minimum Gasteiger partial charge on any atom is -0.454 e. The molecule has 1 aliphatic rings. The molecule has 3 heteroatoms. The van der Waals surface area contributed by atoms with E-state index in [4.69, 9.17) is 15.2 Å². The second kappa shape index (κ2) is 2.43. The lowest BCUT2D eigenvalue weighted by Crippen LogP contribution is -1.93. The molecule has 1 aromatic rings. The van der Waals surface area contributed by atoms with Crippen molar-refractivity contribution in [2.45, 2.75) is 0 Å². The maximum atomic E-state index is 5.32. The van der Waals surface area contributed by atoms with E-state index in [1.54, 1.807) is 0 Å². The van der Waals surface area contributed by atoms with Gasteiger partial charge in [-0.05, 0) is 17.7 Å². The Labute approximate surface area is 64.7 Å². The van der Waals surface area contributed by atoms with Crippen LogP contribution in [0.15, 0.2) is 18.2 Å². The monoisotopic (exact) mass is 150 g/mol. The highest BCUT2D eigenvalue weighted by Gasteiger charge is 2.12. The van der Waals surface area contributed by atoms with Crippen LogP contribution < -0.4 is 15.2 Å². The first-order valence-corrected chi connectivity index (χ1v) is 3.35. The number of hydrogen-bond acceptors (Lipinski definition) is 3. The van der Waals surface area contributed by atoms with Crippen LogP contribution in [0.1, 0.15) is 5.56 Å². The van der Waals surface area contributed by atoms with Crippen LogP contribution in [-0.4, -0.2) is 6.79 Å². The van der Waals surface area contributed by atoms with Gasteiger partial charge in [0, 0.05) is 6.54 Å². The molecule has 0 atom stereocenters. The van der Waals surface area contributed by atoms with Crippen LogP contribution in [0, 0.1) is 6.54 Å². The first-order chi connectivity index (χ1) is 5.40. The minimum absolute atomic E-state index is 0.309. The summed E-state index contributed by atoms with van der Waals surface area (Å²) < 4.78 is 10.3. The van der Waals surface area contributed by atoms with E-state index in [1.165, 1.54) is 6.54 Å². The summed E-state index contributed by atoms with van der Waals surface area (Å²) in [6.45, 7) is 1.84. The lowest BCUT2D eigenvalue weighted by atomic mass is 10.2. The zero-order chi connectivity index (χ0) is 7.68. The van der Waals surface area contributed by atoms with Gasteiger partial charge in [0.05, 0.1) is 0 Å². The third-order valence-corrected chi connectivity index (χ3v) is 1.59. The second-order valence-corrected chi connectivity index (χ2v) is 2.28. The van der Waals surface area contributed by atoms with Crippen LogP contribution >= 0.6 is 0 Å². The molecule has 1 aromatic carbocycles. The predicted molar refractivity (Wildman–Crippen MR) is 40.2 cm³/mol. The number of fused-ring (bicyclic) bond motifs is 1. The Morgan fingerprint density at radius 1 is 1.27 bits per heavy atom. The fourth-order valence-electron chi connectivity index (χ4n) is 1.02. The fraction of sp³-hybridized carbons (Fsp3) is 0.125. The Bertz CT molecular complexity index is 273. The molecule has 2 N–H and O–H groups in total. The van der Waals surface area contributed by atoms with Crippen LogP contribution in [0.2, 0.25) is 0 Å². The maximum absolute atomic E-state index is 5.32. The fourth-order valence-corrected chi connectivity index (χ4v) is 1.02. The van der Waals surface area contributed by atoms with Gasteiger partial charge >= 0.3 is 0 Å². The molecular formula is C8H8NO2. The molecule has 0 fully saturated rings. The Balaban J connectivity index is 2.41. The molecular weight excluding hydrogens is 142 g/mol. The first kappa shape index (κ1) is 6.49. The minimum atomic E-state index is 0.309. The Morgan fingerprint density at radius 3 is 2.91 bits per heavy atom. The largest absolute Gasteiger partial charge is 0.454 e. The highest BCUT2D eigenvalue weighted by Crippen LogP contribution is 2.32. The van der Waals surface area contributed by atoms with Crippen LogP contribution in [-0.2, 0) is 0 Å². The smallest absolute Gasteiger partial charge is 0.231 e. The zero-order valence-corrected chi connectivity index (χ0v) is 5.91. The van der Waals surface area contributed by atoms with Gasteiger partial charge in [-0.3, -0.25) is 0 Å². The van der Waals surface area contributed by atoms with E-state index in [9.17, 15) is 0 Å². The third-order valence-electron chi connectivity index (χ3n) is 1.59. The summed E-state index contributed by atoms with van der Waals surface area (Å²) in [5, 5.41) is 0. The molecule has 11 heavy (non-hydrogen) atoms. The lowest BCUT2D eigenvalue weighted by molar-refractivity contribution is 0.174. The van der Waals surface area contributed by atoms with E-state index in [-0.39, 0.29) is 0 Å². The van der Waals surface area contributed by atoms with Crippen molar-refractivity contribution in [3.05, 3.63) is 30.3 Å². The molecule has 0 amide bonds. The van der Waals surface area contributed by atoms with Gasteiger partial charge < -0.3 is 15.2 Å². The second-order valence-electron chi connectivity index (χ2n) is 2.28. The van der Waals surface area contributed by atoms with Gasteiger partial charge in [0.1, 0.15) is 0 Å². The van der Waals surface area contributed by atoms with Gasteiger partial charge in [0.2, 0.25) is 6.79 Å². The maximum Gasteiger partial charge on any atom is 0.231 e. The zero-order valence-electron chi connectivity index (χ0n) is 5.91. The van der Waals surface area contributed by atoms with Crippen molar-refractivity contribution in [1.82, 2.24) is 0 Å². The van der Waals surface area contributed by atoms with Crippen molar-refractivity contribution >= 4 is 0 Å². The highest BCUT2D eigenvalue weighted by molar-refractivity contribution is 5.45. The standard InChI is InChI=1S/C8H8NO2/c9-4-6-1-2-7-8(3-6)11-5-10-7/h1-4H,5,9H2. The normalized spacial score (nSPS) is 13.5. The summed E-state index contributed by atoms with van der Waals surface area (Å²) in [6.07, 6.45) is 0. The van der Waals surface area contributed by atoms with Crippen LogP contribution in [0.25, 0.3) is 0 Å². The average molecular weight is 150 g/mol. The summed E-state index contributed by atoms with van der Waals surface area (Å²) in [6, 6.07) is 5.58. The van der Waals surface area contributed by atoms with E-state index < -0.39 is 0 Å². The van der Waals surface area contributed by atoms with Crippen molar-refractivity contribution in [3.63, 3.8) is 0 Å².